The van der Waals surface area contributed by atoms with E-state index in [9.17, 15) is 13.2 Å². The van der Waals surface area contributed by atoms with E-state index in [4.69, 9.17) is 16.3 Å². The van der Waals surface area contributed by atoms with Gasteiger partial charge in [-0.25, -0.2) is 8.42 Å². The summed E-state index contributed by atoms with van der Waals surface area (Å²) in [5, 5.41) is 3.52. The molecule has 170 valence electrons. The summed E-state index contributed by atoms with van der Waals surface area (Å²) in [6.45, 7) is 2.32. The summed E-state index contributed by atoms with van der Waals surface area (Å²) >= 11 is 8.03. The van der Waals surface area contributed by atoms with E-state index >= 15 is 0 Å². The third-order valence-corrected chi connectivity index (χ3v) is 7.77. The zero-order chi connectivity index (χ0) is 23.2. The van der Waals surface area contributed by atoms with Crippen LogP contribution in [0.15, 0.2) is 57.8 Å². The minimum absolute atomic E-state index is 0.210. The molecule has 3 aliphatic rings. The largest absolute Gasteiger partial charge is 0.489 e. The molecule has 0 N–H and O–H groups in total. The highest BCUT2D eigenvalue weighted by Gasteiger charge is 2.32. The molecule has 0 aromatic heterocycles. The highest BCUT2D eigenvalue weighted by atomic mass is 35.5. The van der Waals surface area contributed by atoms with E-state index in [1.54, 1.807) is 40.9 Å². The van der Waals surface area contributed by atoms with Crippen molar-refractivity contribution in [3.05, 3.63) is 64.0 Å². The number of halogens is 1. The number of sulfone groups is 1. The Morgan fingerprint density at radius 1 is 1.21 bits per heavy atom. The number of amidine groups is 1. The number of hydrogen-bond acceptors (Lipinski definition) is 7. The summed E-state index contributed by atoms with van der Waals surface area (Å²) in [6, 6.07) is 10.00. The van der Waals surface area contributed by atoms with Crippen LogP contribution in [0.25, 0.3) is 11.8 Å². The molecule has 2 aromatic carbocycles. The first-order chi connectivity index (χ1) is 15.8. The number of amides is 1. The number of carbonyl (C=O) groups excluding carboxylic acids is 1. The van der Waals surface area contributed by atoms with Gasteiger partial charge in [0, 0.05) is 34.9 Å². The lowest BCUT2D eigenvalue weighted by Gasteiger charge is -2.31. The Bertz CT molecular complexity index is 1330. The number of nitrogens with zero attached hydrogens (tertiary/aromatic N) is 3. The Balaban J connectivity index is 1.42. The number of anilines is 1. The highest BCUT2D eigenvalue weighted by Crippen LogP contribution is 2.45. The summed E-state index contributed by atoms with van der Waals surface area (Å²) in [4.78, 5) is 21.6. The van der Waals surface area contributed by atoms with Crippen LogP contribution in [-0.2, 0) is 14.6 Å². The maximum Gasteiger partial charge on any atom is 0.251 e. The second-order valence-corrected chi connectivity index (χ2v) is 11.0. The van der Waals surface area contributed by atoms with Gasteiger partial charge in [-0.05, 0) is 35.9 Å². The van der Waals surface area contributed by atoms with Gasteiger partial charge in [0.2, 0.25) is 0 Å². The Labute approximate surface area is 201 Å². The van der Waals surface area contributed by atoms with Crippen molar-refractivity contribution in [2.75, 3.05) is 37.4 Å². The van der Waals surface area contributed by atoms with Gasteiger partial charge in [-0.2, -0.15) is 0 Å². The monoisotopic (exact) mass is 501 g/mol. The molecule has 3 aliphatic heterocycles. The van der Waals surface area contributed by atoms with E-state index in [1.807, 2.05) is 11.5 Å². The number of carbonyl (C=O) groups is 1. The summed E-state index contributed by atoms with van der Waals surface area (Å²) in [5.41, 5.74) is 3.17. The van der Waals surface area contributed by atoms with Crippen molar-refractivity contribution in [1.29, 1.82) is 0 Å². The van der Waals surface area contributed by atoms with Crippen LogP contribution in [0.2, 0.25) is 5.02 Å². The molecule has 3 heterocycles. The summed E-state index contributed by atoms with van der Waals surface area (Å²) < 4.78 is 29.3. The van der Waals surface area contributed by atoms with Crippen molar-refractivity contribution >= 4 is 61.7 Å². The lowest BCUT2D eigenvalue weighted by Crippen LogP contribution is -2.37. The molecule has 7 nitrogen and oxygen atoms in total. The third-order valence-electron chi connectivity index (χ3n) is 5.52. The average Bonchev–Trinajstić information content (AvgIpc) is 3.40. The number of rotatable bonds is 4. The Morgan fingerprint density at radius 2 is 2.00 bits per heavy atom. The van der Waals surface area contributed by atoms with Crippen molar-refractivity contribution in [1.82, 2.24) is 4.90 Å². The standard InChI is InChI=1S/C23H20ClN3O4S2/c1-33(29,30)17-5-2-15(3-6-17)4-7-21(28)26-10-11-31-22-18(12-16(24)13-19(22)26)20-14-32-23-25-8-9-27(20)23/h2-7,12-14H,8-11H2,1H3. The molecular formula is C23H20ClN3O4S2. The van der Waals surface area contributed by atoms with Crippen LogP contribution in [0.5, 0.6) is 5.75 Å². The van der Waals surface area contributed by atoms with E-state index in [1.165, 1.54) is 18.2 Å². The second kappa shape index (κ2) is 8.55. The number of thioether (sulfide) groups is 1. The number of fused-ring (bicyclic) bond motifs is 2. The zero-order valence-electron chi connectivity index (χ0n) is 17.7. The van der Waals surface area contributed by atoms with Crippen molar-refractivity contribution in [3.63, 3.8) is 0 Å². The van der Waals surface area contributed by atoms with Crippen LogP contribution in [0.3, 0.4) is 0 Å². The molecule has 0 saturated heterocycles. The smallest absolute Gasteiger partial charge is 0.251 e. The van der Waals surface area contributed by atoms with Crippen molar-refractivity contribution < 1.29 is 17.9 Å². The minimum atomic E-state index is -3.26. The van der Waals surface area contributed by atoms with Gasteiger partial charge < -0.3 is 14.5 Å². The van der Waals surface area contributed by atoms with Gasteiger partial charge in [-0.3, -0.25) is 9.79 Å². The molecule has 0 atom stereocenters. The first kappa shape index (κ1) is 22.1. The van der Waals surface area contributed by atoms with Crippen LogP contribution < -0.4 is 9.64 Å². The molecule has 0 bridgehead atoms. The second-order valence-electron chi connectivity index (χ2n) is 7.75. The first-order valence-corrected chi connectivity index (χ1v) is 13.4. The SMILES string of the molecule is CS(=O)(=O)c1ccc(C=CC(=O)N2CCOc3c(C4=CSC5=NCCN45)cc(Cl)cc32)cc1. The van der Waals surface area contributed by atoms with E-state index in [0.717, 1.165) is 41.3 Å². The van der Waals surface area contributed by atoms with Gasteiger partial charge >= 0.3 is 0 Å². The van der Waals surface area contributed by atoms with Crippen LogP contribution in [0.4, 0.5) is 5.69 Å². The quantitative estimate of drug-likeness (QED) is 0.591. The van der Waals surface area contributed by atoms with E-state index in [0.29, 0.717) is 29.6 Å². The predicted molar refractivity (Wildman–Crippen MR) is 132 cm³/mol. The van der Waals surface area contributed by atoms with Gasteiger partial charge in [0.15, 0.2) is 20.8 Å². The Kier molecular flexibility index (Phi) is 5.72. The number of hydrogen-bond donors (Lipinski definition) is 0. The molecule has 0 radical (unpaired) electrons. The molecule has 5 rings (SSSR count). The number of aliphatic imine (C=N–C) groups is 1. The average molecular weight is 502 g/mol. The molecule has 0 fully saturated rings. The number of benzene rings is 2. The lowest BCUT2D eigenvalue weighted by atomic mass is 10.1. The topological polar surface area (TPSA) is 79.3 Å². The van der Waals surface area contributed by atoms with E-state index in [-0.39, 0.29) is 10.8 Å². The van der Waals surface area contributed by atoms with Crippen LogP contribution in [0.1, 0.15) is 11.1 Å². The van der Waals surface area contributed by atoms with Gasteiger partial charge in [-0.15, -0.1) is 0 Å². The maximum absolute atomic E-state index is 13.1. The lowest BCUT2D eigenvalue weighted by molar-refractivity contribution is -0.114. The minimum Gasteiger partial charge on any atom is -0.489 e. The normalized spacial score (nSPS) is 17.5. The molecule has 33 heavy (non-hydrogen) atoms. The molecule has 0 unspecified atom stereocenters. The predicted octanol–water partition coefficient (Wildman–Crippen LogP) is 3.90. The van der Waals surface area contributed by atoms with E-state index in [2.05, 4.69) is 9.89 Å². The van der Waals surface area contributed by atoms with Crippen LogP contribution >= 0.6 is 23.4 Å². The highest BCUT2D eigenvalue weighted by molar-refractivity contribution is 8.16. The molecule has 10 heteroatoms. The van der Waals surface area contributed by atoms with Gasteiger partial charge in [0.05, 0.1) is 29.4 Å². The fourth-order valence-corrected chi connectivity index (χ4v) is 5.72. The zero-order valence-corrected chi connectivity index (χ0v) is 20.1. The molecule has 0 spiro atoms. The van der Waals surface area contributed by atoms with Crippen LogP contribution in [0, 0.1) is 0 Å². The van der Waals surface area contributed by atoms with Crippen molar-refractivity contribution in [2.45, 2.75) is 4.90 Å². The fraction of sp³-hybridized carbons (Fsp3) is 0.217. The maximum atomic E-state index is 13.1. The van der Waals surface area contributed by atoms with Gasteiger partial charge in [0.25, 0.3) is 5.91 Å². The molecule has 0 aliphatic carbocycles. The molecule has 1 amide bonds. The Hall–Kier alpha value is -2.75. The van der Waals surface area contributed by atoms with Crippen molar-refractivity contribution in [2.24, 2.45) is 4.99 Å². The summed E-state index contributed by atoms with van der Waals surface area (Å²) in [7, 11) is -3.26. The van der Waals surface area contributed by atoms with Gasteiger partial charge in [-0.1, -0.05) is 35.5 Å². The van der Waals surface area contributed by atoms with Crippen molar-refractivity contribution in [3.8, 4) is 5.75 Å². The fourth-order valence-electron chi connectivity index (χ4n) is 3.93. The summed E-state index contributed by atoms with van der Waals surface area (Å²) in [6.07, 6.45) is 4.30. The van der Waals surface area contributed by atoms with Gasteiger partial charge in [0.1, 0.15) is 6.61 Å². The van der Waals surface area contributed by atoms with E-state index < -0.39 is 9.84 Å². The first-order valence-electron chi connectivity index (χ1n) is 10.3. The molecule has 2 aromatic rings. The third kappa shape index (κ3) is 4.28. The number of ether oxygens (including phenoxy) is 1. The van der Waals surface area contributed by atoms with Crippen LogP contribution in [-0.4, -0.2) is 56.9 Å². The Morgan fingerprint density at radius 3 is 2.76 bits per heavy atom. The molecule has 0 saturated carbocycles. The molecular weight excluding hydrogens is 482 g/mol. The summed E-state index contributed by atoms with van der Waals surface area (Å²) in [5.74, 6) is 0.420.